The molecule has 5 rings (SSSR count). The van der Waals surface area contributed by atoms with Crippen molar-refractivity contribution in [1.82, 2.24) is 19.7 Å². The molecule has 14 heteroatoms. The summed E-state index contributed by atoms with van der Waals surface area (Å²) in [5.74, 6) is -2.23. The molecule has 2 aliphatic heterocycles. The molecule has 48 heavy (non-hydrogen) atoms. The van der Waals surface area contributed by atoms with Crippen molar-refractivity contribution in [2.45, 2.75) is 71.6 Å². The minimum absolute atomic E-state index is 0.0205. The Hall–Kier alpha value is -4.78. The van der Waals surface area contributed by atoms with Crippen LogP contribution in [0.3, 0.4) is 0 Å². The number of nitrogens with one attached hydrogen (secondary N) is 2. The summed E-state index contributed by atoms with van der Waals surface area (Å²) in [7, 11) is 0. The number of aromatic nitrogens is 1. The number of imide groups is 1. The fourth-order valence-corrected chi connectivity index (χ4v) is 5.91. The van der Waals surface area contributed by atoms with Gasteiger partial charge in [-0.15, -0.1) is 0 Å². The zero-order valence-electron chi connectivity index (χ0n) is 27.4. The number of carbonyl (C=O) groups is 5. The first-order chi connectivity index (χ1) is 22.7. The standard InChI is InChI=1S/C34H40ClN5O8/c1-20-5-7-24(16-26(20)35)37-32(45)36-17-21-6-8-25-23(15-21)18-39(29(25)42)27-9-10-28(41)40(30(27)43)19-47-31(44)22-11-13-38(14-12-22)33(46)48-34(2,3)4/h5-8,15-16,18,22,27,42H,9-14,17,19H2,1-4H3,(H2,36,37,45). The van der Waals surface area contributed by atoms with E-state index in [0.29, 0.717) is 47.4 Å². The van der Waals surface area contributed by atoms with Crippen LogP contribution in [0.1, 0.15) is 63.6 Å². The van der Waals surface area contributed by atoms with Crippen LogP contribution < -0.4 is 10.6 Å². The van der Waals surface area contributed by atoms with Gasteiger partial charge >= 0.3 is 18.1 Å². The summed E-state index contributed by atoms with van der Waals surface area (Å²) in [6.07, 6.45) is 2.12. The number of rotatable bonds is 7. The maximum Gasteiger partial charge on any atom is 0.410 e. The van der Waals surface area contributed by atoms with Crippen molar-refractivity contribution in [3.63, 3.8) is 0 Å². The van der Waals surface area contributed by atoms with Crippen molar-refractivity contribution in [2.24, 2.45) is 5.92 Å². The monoisotopic (exact) mass is 681 g/mol. The number of aromatic hydroxyl groups is 1. The summed E-state index contributed by atoms with van der Waals surface area (Å²) in [6.45, 7) is 7.54. The van der Waals surface area contributed by atoms with Crippen molar-refractivity contribution in [3.05, 3.63) is 58.7 Å². The van der Waals surface area contributed by atoms with E-state index >= 15 is 0 Å². The Balaban J connectivity index is 1.17. The second-order valence-corrected chi connectivity index (χ2v) is 13.5. The summed E-state index contributed by atoms with van der Waals surface area (Å²) < 4.78 is 12.2. The van der Waals surface area contributed by atoms with Gasteiger partial charge in [-0.25, -0.2) is 14.5 Å². The molecule has 0 bridgehead atoms. The number of urea groups is 1. The molecule has 0 radical (unpaired) electrons. The third kappa shape index (κ3) is 8.01. The van der Waals surface area contributed by atoms with E-state index in [9.17, 15) is 29.1 Å². The van der Waals surface area contributed by atoms with Crippen LogP contribution in [0.4, 0.5) is 15.3 Å². The van der Waals surface area contributed by atoms with Crippen molar-refractivity contribution >= 4 is 58.0 Å². The Morgan fingerprint density at radius 3 is 2.46 bits per heavy atom. The molecular weight excluding hydrogens is 642 g/mol. The first-order valence-corrected chi connectivity index (χ1v) is 16.2. The number of anilines is 1. The molecule has 0 spiro atoms. The number of hydrogen-bond donors (Lipinski definition) is 3. The number of piperidine rings is 2. The minimum atomic E-state index is -0.889. The van der Waals surface area contributed by atoms with E-state index in [1.807, 2.05) is 13.0 Å². The lowest BCUT2D eigenvalue weighted by atomic mass is 9.97. The molecule has 1 unspecified atom stereocenters. The predicted molar refractivity (Wildman–Crippen MR) is 177 cm³/mol. The van der Waals surface area contributed by atoms with Crippen LogP contribution in [0.2, 0.25) is 5.02 Å². The van der Waals surface area contributed by atoms with Crippen molar-refractivity contribution in [2.75, 3.05) is 25.1 Å². The second-order valence-electron chi connectivity index (χ2n) is 13.1. The Morgan fingerprint density at radius 2 is 1.77 bits per heavy atom. The summed E-state index contributed by atoms with van der Waals surface area (Å²) in [6, 6.07) is 9.16. The number of halogens is 1. The van der Waals surface area contributed by atoms with Gasteiger partial charge in [-0.05, 0) is 82.3 Å². The van der Waals surface area contributed by atoms with Crippen molar-refractivity contribution < 1.29 is 38.6 Å². The zero-order chi connectivity index (χ0) is 34.7. The summed E-state index contributed by atoms with van der Waals surface area (Å²) in [4.78, 5) is 66.3. The SMILES string of the molecule is Cc1ccc(NC(=O)NCc2ccc3c(O)n(C4CCC(=O)N(COC(=O)C5CCN(C(=O)OC(C)(C)C)CC5)C4=O)cc3c2)cc1Cl. The Morgan fingerprint density at radius 1 is 1.04 bits per heavy atom. The second kappa shape index (κ2) is 14.1. The summed E-state index contributed by atoms with van der Waals surface area (Å²) in [5.41, 5.74) is 1.59. The first-order valence-electron chi connectivity index (χ1n) is 15.8. The first kappa shape index (κ1) is 34.6. The van der Waals surface area contributed by atoms with Crippen molar-refractivity contribution in [1.29, 1.82) is 0 Å². The lowest BCUT2D eigenvalue weighted by Crippen LogP contribution is -2.48. The number of likely N-dealkylation sites (tertiary alicyclic amines) is 2. The number of nitrogens with zero attached hydrogens (tertiary/aromatic N) is 3. The Kier molecular flexibility index (Phi) is 10.2. The molecule has 256 valence electrons. The lowest BCUT2D eigenvalue weighted by Gasteiger charge is -2.33. The van der Waals surface area contributed by atoms with Crippen LogP contribution in [0.5, 0.6) is 5.88 Å². The largest absolute Gasteiger partial charge is 0.494 e. The number of ether oxygens (including phenoxy) is 2. The fraction of sp³-hybridized carbons (Fsp3) is 0.441. The zero-order valence-corrected chi connectivity index (χ0v) is 28.1. The average molecular weight is 682 g/mol. The van der Waals surface area contributed by atoms with Crippen LogP contribution in [0, 0.1) is 12.8 Å². The number of aryl methyl sites for hydroxylation is 1. The van der Waals surface area contributed by atoms with E-state index in [2.05, 4.69) is 10.6 Å². The van der Waals surface area contributed by atoms with Crippen LogP contribution in [-0.2, 0) is 30.4 Å². The van der Waals surface area contributed by atoms with Gasteiger partial charge in [-0.3, -0.25) is 14.4 Å². The van der Waals surface area contributed by atoms with Crippen molar-refractivity contribution in [3.8, 4) is 5.88 Å². The molecule has 13 nitrogen and oxygen atoms in total. The number of benzene rings is 2. The van der Waals surface area contributed by atoms with E-state index < -0.39 is 54.2 Å². The van der Waals surface area contributed by atoms with Gasteiger partial charge in [0.1, 0.15) is 11.6 Å². The van der Waals surface area contributed by atoms with Crippen LogP contribution in [-0.4, -0.2) is 74.8 Å². The molecular formula is C34H40ClN5O8. The summed E-state index contributed by atoms with van der Waals surface area (Å²) in [5, 5.41) is 18.2. The van der Waals surface area contributed by atoms with Gasteiger partial charge in [-0.1, -0.05) is 23.7 Å². The molecule has 3 aromatic rings. The van der Waals surface area contributed by atoms with Gasteiger partial charge < -0.3 is 34.7 Å². The molecule has 0 saturated carbocycles. The van der Waals surface area contributed by atoms with Gasteiger partial charge in [0.25, 0.3) is 5.91 Å². The number of fused-ring (bicyclic) bond motifs is 1. The van der Waals surface area contributed by atoms with E-state index in [0.717, 1.165) is 16.0 Å². The molecule has 2 fully saturated rings. The maximum atomic E-state index is 13.5. The van der Waals surface area contributed by atoms with E-state index in [1.165, 1.54) is 4.57 Å². The smallest absolute Gasteiger partial charge is 0.410 e. The van der Waals surface area contributed by atoms with Crippen LogP contribution in [0.25, 0.3) is 10.8 Å². The molecule has 2 aromatic carbocycles. The molecule has 3 N–H and O–H groups in total. The van der Waals surface area contributed by atoms with Gasteiger partial charge in [0.2, 0.25) is 5.91 Å². The number of hydrogen-bond acceptors (Lipinski definition) is 8. The normalized spacial score (nSPS) is 17.4. The molecule has 3 heterocycles. The lowest BCUT2D eigenvalue weighted by molar-refractivity contribution is -0.166. The molecule has 0 aliphatic carbocycles. The highest BCUT2D eigenvalue weighted by molar-refractivity contribution is 6.31. The fourth-order valence-electron chi connectivity index (χ4n) is 5.73. The highest BCUT2D eigenvalue weighted by Gasteiger charge is 2.38. The minimum Gasteiger partial charge on any atom is -0.494 e. The highest BCUT2D eigenvalue weighted by atomic mass is 35.5. The maximum absolute atomic E-state index is 13.5. The molecule has 2 saturated heterocycles. The number of carbonyl (C=O) groups excluding carboxylic acids is 5. The number of esters is 1. The average Bonchev–Trinajstić information content (AvgIpc) is 3.36. The van der Waals surface area contributed by atoms with E-state index in [1.54, 1.807) is 62.2 Å². The van der Waals surface area contributed by atoms with Crippen LogP contribution >= 0.6 is 11.6 Å². The molecule has 1 atom stereocenters. The molecule has 2 aliphatic rings. The van der Waals surface area contributed by atoms with Crippen LogP contribution in [0.15, 0.2) is 42.6 Å². The topological polar surface area (TPSA) is 160 Å². The van der Waals surface area contributed by atoms with Gasteiger partial charge in [-0.2, -0.15) is 0 Å². The van der Waals surface area contributed by atoms with Gasteiger partial charge in [0.05, 0.1) is 5.92 Å². The summed E-state index contributed by atoms with van der Waals surface area (Å²) >= 11 is 6.14. The third-order valence-corrected chi connectivity index (χ3v) is 8.81. The van der Waals surface area contributed by atoms with E-state index in [4.69, 9.17) is 21.1 Å². The molecule has 1 aromatic heterocycles. The van der Waals surface area contributed by atoms with Gasteiger partial charge in [0.15, 0.2) is 12.6 Å². The van der Waals surface area contributed by atoms with E-state index in [-0.39, 0.29) is 25.3 Å². The van der Waals surface area contributed by atoms with Gasteiger partial charge in [0, 0.05) is 53.7 Å². The Bertz CT molecular complexity index is 1740. The third-order valence-electron chi connectivity index (χ3n) is 8.40. The molecule has 5 amide bonds. The highest BCUT2D eigenvalue weighted by Crippen LogP contribution is 2.35. The quantitative estimate of drug-likeness (QED) is 0.219. The Labute approximate surface area is 283 Å². The predicted octanol–water partition coefficient (Wildman–Crippen LogP) is 5.47. The number of amides is 5.